The average Bonchev–Trinajstić information content (AvgIpc) is 3.30. The molecule has 1 heterocycles. The van der Waals surface area contributed by atoms with Gasteiger partial charge >= 0.3 is 0 Å². The molecular weight excluding hydrogens is 438 g/mol. The Hall–Kier alpha value is -1.19. The van der Waals surface area contributed by atoms with Gasteiger partial charge in [-0.25, -0.2) is 13.1 Å². The summed E-state index contributed by atoms with van der Waals surface area (Å²) < 4.78 is 33.6. The Morgan fingerprint density at radius 1 is 1.13 bits per heavy atom. The van der Waals surface area contributed by atoms with Gasteiger partial charge in [0.15, 0.2) is 0 Å². The van der Waals surface area contributed by atoms with Crippen LogP contribution in [0.2, 0.25) is 5.02 Å². The van der Waals surface area contributed by atoms with E-state index in [1.54, 1.807) is 18.0 Å². The van der Waals surface area contributed by atoms with Crippen LogP contribution < -0.4 is 4.72 Å². The lowest BCUT2D eigenvalue weighted by Gasteiger charge is -2.32. The Balaban J connectivity index is 1.61. The van der Waals surface area contributed by atoms with E-state index in [0.717, 1.165) is 19.4 Å². The summed E-state index contributed by atoms with van der Waals surface area (Å²) in [6, 6.07) is 4.99. The van der Waals surface area contributed by atoms with E-state index < -0.39 is 10.0 Å². The van der Waals surface area contributed by atoms with E-state index in [1.165, 1.54) is 44.2 Å². The SMILES string of the molecule is CN(CCN(C)C1CCCCC1)C(=O)c1ccc(Cl)c(S(=O)(=O)NCC2CCCO2)c1. The molecule has 3 rings (SSSR count). The third-order valence-electron chi connectivity index (χ3n) is 6.33. The maximum atomic E-state index is 12.9. The number of nitrogens with one attached hydrogen (secondary N) is 1. The minimum Gasteiger partial charge on any atom is -0.377 e. The van der Waals surface area contributed by atoms with Crippen LogP contribution in [0.4, 0.5) is 0 Å². The number of carbonyl (C=O) groups excluding carboxylic acids is 1. The molecule has 1 atom stereocenters. The summed E-state index contributed by atoms with van der Waals surface area (Å²) in [5.74, 6) is -0.218. The molecule has 1 saturated heterocycles. The van der Waals surface area contributed by atoms with Crippen molar-refractivity contribution in [3.63, 3.8) is 0 Å². The molecule has 1 amide bonds. The molecule has 7 nitrogen and oxygen atoms in total. The summed E-state index contributed by atoms with van der Waals surface area (Å²) in [5, 5.41) is 0.0936. The summed E-state index contributed by atoms with van der Waals surface area (Å²) in [4.78, 5) is 16.8. The maximum absolute atomic E-state index is 12.9. The lowest BCUT2D eigenvalue weighted by Crippen LogP contribution is -2.40. The molecule has 2 aliphatic rings. The lowest BCUT2D eigenvalue weighted by atomic mass is 9.94. The van der Waals surface area contributed by atoms with Crippen LogP contribution in [-0.4, -0.2) is 76.6 Å². The molecule has 1 aromatic rings. The van der Waals surface area contributed by atoms with Crippen LogP contribution in [0.15, 0.2) is 23.1 Å². The number of carbonyl (C=O) groups is 1. The lowest BCUT2D eigenvalue weighted by molar-refractivity contribution is 0.0767. The topological polar surface area (TPSA) is 79.0 Å². The van der Waals surface area contributed by atoms with E-state index in [9.17, 15) is 13.2 Å². The number of hydrogen-bond donors (Lipinski definition) is 1. The highest BCUT2D eigenvalue weighted by atomic mass is 35.5. The predicted molar refractivity (Wildman–Crippen MR) is 122 cm³/mol. The van der Waals surface area contributed by atoms with Crippen molar-refractivity contribution in [1.82, 2.24) is 14.5 Å². The predicted octanol–water partition coefficient (Wildman–Crippen LogP) is 3.13. The van der Waals surface area contributed by atoms with Crippen LogP contribution in [-0.2, 0) is 14.8 Å². The van der Waals surface area contributed by atoms with Gasteiger partial charge in [0.2, 0.25) is 10.0 Å². The monoisotopic (exact) mass is 471 g/mol. The zero-order valence-corrected chi connectivity index (χ0v) is 20.1. The smallest absolute Gasteiger partial charge is 0.253 e. The minimum absolute atomic E-state index is 0.0780. The summed E-state index contributed by atoms with van der Waals surface area (Å²) in [7, 11) is 0.0163. The van der Waals surface area contributed by atoms with Crippen molar-refractivity contribution in [3.05, 3.63) is 28.8 Å². The summed E-state index contributed by atoms with van der Waals surface area (Å²) in [6.45, 7) is 2.21. The van der Waals surface area contributed by atoms with Crippen molar-refractivity contribution in [2.75, 3.05) is 40.3 Å². The number of likely N-dealkylation sites (N-methyl/N-ethyl adjacent to an activating group) is 2. The molecule has 1 aliphatic heterocycles. The second kappa shape index (κ2) is 11.1. The zero-order chi connectivity index (χ0) is 22.4. The molecule has 2 fully saturated rings. The third kappa shape index (κ3) is 6.65. The van der Waals surface area contributed by atoms with Gasteiger partial charge in [0.1, 0.15) is 4.90 Å². The van der Waals surface area contributed by atoms with Gasteiger partial charge in [0, 0.05) is 44.9 Å². The highest BCUT2D eigenvalue weighted by Crippen LogP contribution is 2.24. The second-order valence-electron chi connectivity index (χ2n) is 8.63. The van der Waals surface area contributed by atoms with Gasteiger partial charge in [0.25, 0.3) is 5.91 Å². The number of sulfonamides is 1. The number of nitrogens with zero attached hydrogens (tertiary/aromatic N) is 2. The van der Waals surface area contributed by atoms with Crippen molar-refractivity contribution < 1.29 is 17.9 Å². The fourth-order valence-electron chi connectivity index (χ4n) is 4.26. The van der Waals surface area contributed by atoms with Crippen LogP contribution in [0.25, 0.3) is 0 Å². The highest BCUT2D eigenvalue weighted by Gasteiger charge is 2.24. The molecule has 0 radical (unpaired) electrons. The van der Waals surface area contributed by atoms with E-state index in [0.29, 0.717) is 24.8 Å². The zero-order valence-electron chi connectivity index (χ0n) is 18.5. The van der Waals surface area contributed by atoms with Gasteiger partial charge < -0.3 is 14.5 Å². The van der Waals surface area contributed by atoms with E-state index in [2.05, 4.69) is 16.7 Å². The summed E-state index contributed by atoms with van der Waals surface area (Å²) >= 11 is 6.17. The van der Waals surface area contributed by atoms with E-state index in [1.807, 2.05) is 0 Å². The molecule has 0 spiro atoms. The Bertz CT molecular complexity index is 852. The molecule has 1 aromatic carbocycles. The van der Waals surface area contributed by atoms with Crippen LogP contribution in [0.5, 0.6) is 0 Å². The fraction of sp³-hybridized carbons (Fsp3) is 0.682. The van der Waals surface area contributed by atoms with Crippen molar-refractivity contribution in [3.8, 4) is 0 Å². The van der Waals surface area contributed by atoms with Crippen molar-refractivity contribution >= 4 is 27.5 Å². The van der Waals surface area contributed by atoms with Crippen LogP contribution in [0.3, 0.4) is 0 Å². The van der Waals surface area contributed by atoms with Gasteiger partial charge in [0.05, 0.1) is 11.1 Å². The molecule has 0 aromatic heterocycles. The van der Waals surface area contributed by atoms with Crippen LogP contribution >= 0.6 is 11.6 Å². The molecule has 9 heteroatoms. The molecule has 174 valence electrons. The first-order chi connectivity index (χ1) is 14.8. The van der Waals surface area contributed by atoms with Gasteiger partial charge in [-0.2, -0.15) is 0 Å². The minimum atomic E-state index is -3.84. The first-order valence-electron chi connectivity index (χ1n) is 11.1. The summed E-state index contributed by atoms with van der Waals surface area (Å²) in [6.07, 6.45) is 7.92. The van der Waals surface area contributed by atoms with E-state index >= 15 is 0 Å². The number of halogens is 1. The van der Waals surface area contributed by atoms with Gasteiger partial charge in [-0.15, -0.1) is 0 Å². The number of amides is 1. The molecule has 31 heavy (non-hydrogen) atoms. The Labute approximate surface area is 191 Å². The number of ether oxygens (including phenoxy) is 1. The van der Waals surface area contributed by atoms with Gasteiger partial charge in [-0.3, -0.25) is 4.79 Å². The number of benzene rings is 1. The van der Waals surface area contributed by atoms with E-state index in [4.69, 9.17) is 16.3 Å². The molecule has 0 bridgehead atoms. The van der Waals surface area contributed by atoms with Gasteiger partial charge in [-0.1, -0.05) is 30.9 Å². The maximum Gasteiger partial charge on any atom is 0.253 e. The molecular formula is C22H34ClN3O4S. The highest BCUT2D eigenvalue weighted by molar-refractivity contribution is 7.89. The van der Waals surface area contributed by atoms with E-state index in [-0.39, 0.29) is 28.5 Å². The van der Waals surface area contributed by atoms with Crippen molar-refractivity contribution in [1.29, 1.82) is 0 Å². The fourth-order valence-corrected chi connectivity index (χ4v) is 5.85. The Kier molecular flexibility index (Phi) is 8.75. The number of rotatable bonds is 9. The van der Waals surface area contributed by atoms with Gasteiger partial charge in [-0.05, 0) is 50.9 Å². The van der Waals surface area contributed by atoms with Crippen molar-refractivity contribution in [2.24, 2.45) is 0 Å². The second-order valence-corrected chi connectivity index (χ2v) is 10.8. The quantitative estimate of drug-likeness (QED) is 0.598. The van der Waals surface area contributed by atoms with Crippen LogP contribution in [0, 0.1) is 0 Å². The summed E-state index contributed by atoms with van der Waals surface area (Å²) in [5.41, 5.74) is 0.310. The largest absolute Gasteiger partial charge is 0.377 e. The normalized spacial score (nSPS) is 20.3. The van der Waals surface area contributed by atoms with Crippen LogP contribution in [0.1, 0.15) is 55.3 Å². The average molecular weight is 472 g/mol. The number of hydrogen-bond acceptors (Lipinski definition) is 5. The standard InChI is InChI=1S/C22H34ClN3O4S/c1-25(18-7-4-3-5-8-18)12-13-26(2)22(27)17-10-11-20(23)21(15-17)31(28,29)24-16-19-9-6-14-30-19/h10-11,15,18-19,24H,3-9,12-14,16H2,1-2H3. The molecule has 1 N–H and O–H groups in total. The Morgan fingerprint density at radius 3 is 2.55 bits per heavy atom. The molecule has 1 aliphatic carbocycles. The molecule has 1 saturated carbocycles. The first kappa shape index (κ1) is 24.5. The Morgan fingerprint density at radius 2 is 1.87 bits per heavy atom. The molecule has 1 unspecified atom stereocenters. The third-order valence-corrected chi connectivity index (χ3v) is 8.23. The first-order valence-corrected chi connectivity index (χ1v) is 13.0. The van der Waals surface area contributed by atoms with Crippen molar-refractivity contribution in [2.45, 2.75) is 62.0 Å².